The quantitative estimate of drug-likeness (QED) is 0.360. The zero-order valence-corrected chi connectivity index (χ0v) is 16.7. The molecular formula is C21H29NO6. The number of carbonyl (C=O) groups excluding carboxylic acids is 2. The summed E-state index contributed by atoms with van der Waals surface area (Å²) in [5.41, 5.74) is -0.558. The van der Waals surface area contributed by atoms with Gasteiger partial charge in [-0.15, -0.1) is 0 Å². The van der Waals surface area contributed by atoms with E-state index in [4.69, 9.17) is 9.84 Å². The summed E-state index contributed by atoms with van der Waals surface area (Å²) in [7, 11) is 2.88. The highest BCUT2D eigenvalue weighted by Crippen LogP contribution is 2.46. The van der Waals surface area contributed by atoms with Crippen molar-refractivity contribution >= 4 is 17.6 Å². The molecule has 7 heteroatoms. The molecule has 1 aliphatic rings. The molecule has 1 aromatic rings. The lowest BCUT2D eigenvalue weighted by Crippen LogP contribution is -2.44. The molecule has 1 aliphatic heterocycles. The van der Waals surface area contributed by atoms with E-state index in [1.165, 1.54) is 14.2 Å². The number of amides is 1. The molecule has 0 radical (unpaired) electrons. The van der Waals surface area contributed by atoms with E-state index in [9.17, 15) is 14.7 Å². The molecule has 0 spiro atoms. The Morgan fingerprint density at radius 3 is 2.71 bits per heavy atom. The number of unbranched alkanes of at least 4 members (excludes halogenated alkanes) is 1. The van der Waals surface area contributed by atoms with E-state index in [0.29, 0.717) is 49.2 Å². The van der Waals surface area contributed by atoms with E-state index in [1.807, 2.05) is 0 Å². The number of methoxy groups -OCH3 is 2. The Kier molecular flexibility index (Phi) is 7.60. The zero-order valence-electron chi connectivity index (χ0n) is 16.7. The van der Waals surface area contributed by atoms with Crippen molar-refractivity contribution in [3.8, 4) is 5.75 Å². The third-order valence-electron chi connectivity index (χ3n) is 5.10. The van der Waals surface area contributed by atoms with Crippen LogP contribution in [0.3, 0.4) is 0 Å². The number of aliphatic hydroxyl groups is 2. The first-order valence-corrected chi connectivity index (χ1v) is 9.47. The van der Waals surface area contributed by atoms with Crippen LogP contribution < -0.4 is 9.64 Å². The number of hydrogen-bond acceptors (Lipinski definition) is 6. The standard InChI is InChI=1S/C21H29NO6/c1-15(8-5-7-13-23)21(26)17-14-16(27-2)10-11-18(17)22(20(21)25)12-6-4-9-19(24)28-3/h5,8,10-11,14-15,23,26H,4,6-7,9,12-13H2,1-3H3/b8-5+/t15-,21+/m0/s1. The zero-order chi connectivity index (χ0) is 20.7. The molecule has 0 unspecified atom stereocenters. The van der Waals surface area contributed by atoms with E-state index < -0.39 is 17.4 Å². The SMILES string of the molecule is COC(=O)CCCCN1C(=O)[C@@](O)([C@@H](C)/C=C/CCO)c2cc(OC)ccc21. The lowest BCUT2D eigenvalue weighted by atomic mass is 9.83. The molecule has 1 amide bonds. The summed E-state index contributed by atoms with van der Waals surface area (Å²) in [6.45, 7) is 2.17. The first kappa shape index (κ1) is 21.9. The maximum Gasteiger partial charge on any atom is 0.305 e. The normalized spacial score (nSPS) is 19.8. The lowest BCUT2D eigenvalue weighted by molar-refractivity contribution is -0.140. The molecule has 0 bridgehead atoms. The summed E-state index contributed by atoms with van der Waals surface area (Å²) in [6, 6.07) is 5.22. The van der Waals surface area contributed by atoms with Crippen LogP contribution in [0.15, 0.2) is 30.4 Å². The van der Waals surface area contributed by atoms with Gasteiger partial charge in [0.1, 0.15) is 5.75 Å². The smallest absolute Gasteiger partial charge is 0.305 e. The number of benzene rings is 1. The molecule has 2 rings (SSSR count). The van der Waals surface area contributed by atoms with Crippen molar-refractivity contribution in [3.05, 3.63) is 35.9 Å². The minimum atomic E-state index is -1.71. The second-order valence-corrected chi connectivity index (χ2v) is 6.87. The lowest BCUT2D eigenvalue weighted by Gasteiger charge is -2.27. The van der Waals surface area contributed by atoms with Crippen molar-refractivity contribution in [1.29, 1.82) is 0 Å². The number of esters is 1. The third kappa shape index (κ3) is 4.36. The van der Waals surface area contributed by atoms with E-state index >= 15 is 0 Å². The average molecular weight is 391 g/mol. The Bertz CT molecular complexity index is 732. The van der Waals surface area contributed by atoms with E-state index in [1.54, 1.807) is 42.2 Å². The number of fused-ring (bicyclic) bond motifs is 1. The minimum absolute atomic E-state index is 0.00627. The van der Waals surface area contributed by atoms with Crippen LogP contribution in [-0.2, 0) is 19.9 Å². The fourth-order valence-corrected chi connectivity index (χ4v) is 3.43. The highest BCUT2D eigenvalue weighted by molar-refractivity contribution is 6.07. The van der Waals surface area contributed by atoms with Crippen LogP contribution in [0.5, 0.6) is 5.75 Å². The van der Waals surface area contributed by atoms with Gasteiger partial charge in [-0.2, -0.15) is 0 Å². The van der Waals surface area contributed by atoms with Crippen LogP contribution in [0.25, 0.3) is 0 Å². The largest absolute Gasteiger partial charge is 0.497 e. The number of nitrogens with zero attached hydrogens (tertiary/aromatic N) is 1. The van der Waals surface area contributed by atoms with Gasteiger partial charge in [-0.05, 0) is 37.5 Å². The first-order valence-electron chi connectivity index (χ1n) is 9.47. The molecule has 2 N–H and O–H groups in total. The van der Waals surface area contributed by atoms with E-state index in [-0.39, 0.29) is 12.6 Å². The van der Waals surface area contributed by atoms with Gasteiger partial charge in [-0.25, -0.2) is 0 Å². The molecule has 0 saturated carbocycles. The Hall–Kier alpha value is -2.38. The fourth-order valence-electron chi connectivity index (χ4n) is 3.43. The van der Waals surface area contributed by atoms with Crippen molar-refractivity contribution in [2.45, 2.75) is 38.2 Å². The summed E-state index contributed by atoms with van der Waals surface area (Å²) >= 11 is 0. The van der Waals surface area contributed by atoms with E-state index in [0.717, 1.165) is 0 Å². The Morgan fingerprint density at radius 1 is 1.32 bits per heavy atom. The maximum atomic E-state index is 13.2. The molecule has 154 valence electrons. The van der Waals surface area contributed by atoms with Crippen molar-refractivity contribution in [1.82, 2.24) is 0 Å². The number of rotatable bonds is 10. The van der Waals surface area contributed by atoms with Gasteiger partial charge < -0.3 is 24.6 Å². The molecule has 0 aromatic heterocycles. The molecule has 0 aliphatic carbocycles. The summed E-state index contributed by atoms with van der Waals surface area (Å²) < 4.78 is 9.91. The Balaban J connectivity index is 2.28. The highest BCUT2D eigenvalue weighted by atomic mass is 16.5. The molecule has 2 atom stereocenters. The van der Waals surface area contributed by atoms with Gasteiger partial charge in [0.2, 0.25) is 0 Å². The van der Waals surface area contributed by atoms with Crippen LogP contribution in [0.4, 0.5) is 5.69 Å². The molecule has 0 saturated heterocycles. The van der Waals surface area contributed by atoms with Crippen molar-refractivity contribution in [3.63, 3.8) is 0 Å². The van der Waals surface area contributed by atoms with Gasteiger partial charge in [0.25, 0.3) is 5.91 Å². The molecule has 1 aromatic carbocycles. The topological polar surface area (TPSA) is 96.3 Å². The minimum Gasteiger partial charge on any atom is -0.497 e. The number of anilines is 1. The van der Waals surface area contributed by atoms with Gasteiger partial charge in [-0.3, -0.25) is 9.59 Å². The Labute approximate surface area is 165 Å². The monoisotopic (exact) mass is 391 g/mol. The van der Waals surface area contributed by atoms with E-state index in [2.05, 4.69) is 4.74 Å². The summed E-state index contributed by atoms with van der Waals surface area (Å²) in [4.78, 5) is 26.1. The van der Waals surface area contributed by atoms with Crippen LogP contribution in [0.2, 0.25) is 0 Å². The number of carbonyl (C=O) groups is 2. The summed E-state index contributed by atoms with van der Waals surface area (Å²) in [5.74, 6) is -0.603. The molecule has 0 fully saturated rings. The molecule has 28 heavy (non-hydrogen) atoms. The van der Waals surface area contributed by atoms with Crippen LogP contribution in [-0.4, -0.2) is 49.5 Å². The van der Waals surface area contributed by atoms with Gasteiger partial charge in [0.05, 0.1) is 19.9 Å². The fraction of sp³-hybridized carbons (Fsp3) is 0.524. The van der Waals surface area contributed by atoms with Gasteiger partial charge >= 0.3 is 5.97 Å². The maximum absolute atomic E-state index is 13.2. The van der Waals surface area contributed by atoms with Crippen LogP contribution in [0.1, 0.15) is 38.2 Å². The summed E-state index contributed by atoms with van der Waals surface area (Å²) in [5, 5.41) is 20.4. The average Bonchev–Trinajstić information content (AvgIpc) is 2.92. The molecule has 1 heterocycles. The predicted octanol–water partition coefficient (Wildman–Crippen LogP) is 2.15. The summed E-state index contributed by atoms with van der Waals surface area (Å²) in [6.07, 6.45) is 5.45. The first-order chi connectivity index (χ1) is 13.4. The highest BCUT2D eigenvalue weighted by Gasteiger charge is 2.52. The van der Waals surface area contributed by atoms with Crippen LogP contribution >= 0.6 is 0 Å². The van der Waals surface area contributed by atoms with Crippen molar-refractivity contribution in [2.75, 3.05) is 32.3 Å². The van der Waals surface area contributed by atoms with Crippen molar-refractivity contribution < 1.29 is 29.3 Å². The molecular weight excluding hydrogens is 362 g/mol. The van der Waals surface area contributed by atoms with Gasteiger partial charge in [-0.1, -0.05) is 19.1 Å². The predicted molar refractivity (Wildman–Crippen MR) is 105 cm³/mol. The third-order valence-corrected chi connectivity index (χ3v) is 5.10. The van der Waals surface area contributed by atoms with Crippen LogP contribution in [0, 0.1) is 5.92 Å². The number of hydrogen-bond donors (Lipinski definition) is 2. The Morgan fingerprint density at radius 2 is 2.07 bits per heavy atom. The van der Waals surface area contributed by atoms with Gasteiger partial charge in [0, 0.05) is 31.1 Å². The van der Waals surface area contributed by atoms with Gasteiger partial charge in [0.15, 0.2) is 5.60 Å². The second-order valence-electron chi connectivity index (χ2n) is 6.87. The number of ether oxygens (including phenoxy) is 2. The molecule has 7 nitrogen and oxygen atoms in total. The van der Waals surface area contributed by atoms with Crippen molar-refractivity contribution in [2.24, 2.45) is 5.92 Å². The second kappa shape index (κ2) is 9.71. The number of aliphatic hydroxyl groups excluding tert-OH is 1.